The molecule has 0 fully saturated rings. The zero-order chi connectivity index (χ0) is 14.6. The first-order valence-electron chi connectivity index (χ1n) is 5.52. The molecule has 0 radical (unpaired) electrons. The van der Waals surface area contributed by atoms with Crippen LogP contribution in [0.5, 0.6) is 0 Å². The molecule has 7 nitrogen and oxygen atoms in total. The largest absolute Gasteiger partial charge is 0.354 e. The van der Waals surface area contributed by atoms with Gasteiger partial charge in [-0.05, 0) is 26.0 Å². The maximum atomic E-state index is 11.7. The first kappa shape index (κ1) is 15.1. The lowest BCUT2D eigenvalue weighted by Crippen LogP contribution is -2.35. The second-order valence-electron chi connectivity index (χ2n) is 4.04. The Kier molecular flexibility index (Phi) is 4.60. The molecule has 0 aliphatic heterocycles. The number of amides is 2. The van der Waals surface area contributed by atoms with E-state index in [0.29, 0.717) is 0 Å². The smallest absolute Gasteiger partial charge is 0.269 e. The molecule has 1 aromatic heterocycles. The van der Waals surface area contributed by atoms with Crippen molar-refractivity contribution in [2.45, 2.75) is 19.1 Å². The van der Waals surface area contributed by atoms with E-state index in [2.05, 4.69) is 10.3 Å². The van der Waals surface area contributed by atoms with Crippen molar-refractivity contribution in [2.24, 2.45) is 0 Å². The maximum Gasteiger partial charge on any atom is 0.269 e. The average molecular weight is 285 g/mol. The lowest BCUT2D eigenvalue weighted by atomic mass is 10.2. The van der Waals surface area contributed by atoms with Gasteiger partial charge in [0.1, 0.15) is 5.69 Å². The number of hydrogen-bond donors (Lipinski definition) is 2. The van der Waals surface area contributed by atoms with Gasteiger partial charge in [0.25, 0.3) is 11.8 Å². The number of nitrogens with zero attached hydrogens (tertiary/aromatic N) is 1. The van der Waals surface area contributed by atoms with E-state index >= 15 is 0 Å². The monoisotopic (exact) mass is 285 g/mol. The van der Waals surface area contributed by atoms with E-state index in [-0.39, 0.29) is 17.2 Å². The van der Waals surface area contributed by atoms with Crippen LogP contribution in [0, 0.1) is 0 Å². The summed E-state index contributed by atoms with van der Waals surface area (Å²) in [6.07, 6.45) is 1.15. The van der Waals surface area contributed by atoms with E-state index in [1.165, 1.54) is 33.0 Å². The molecule has 8 heteroatoms. The number of rotatable bonds is 4. The van der Waals surface area contributed by atoms with Crippen LogP contribution in [0.15, 0.2) is 18.3 Å². The summed E-state index contributed by atoms with van der Waals surface area (Å²) in [5, 5.41) is 1.67. The number of sulfonamides is 1. The van der Waals surface area contributed by atoms with Crippen molar-refractivity contribution in [1.82, 2.24) is 15.0 Å². The molecule has 0 aliphatic rings. The number of carbonyl (C=O) groups is 2. The van der Waals surface area contributed by atoms with Crippen LogP contribution in [0.4, 0.5) is 0 Å². The van der Waals surface area contributed by atoms with E-state index in [1.807, 2.05) is 4.72 Å². The lowest BCUT2D eigenvalue weighted by Gasteiger charge is -2.09. The van der Waals surface area contributed by atoms with Gasteiger partial charge in [-0.25, -0.2) is 13.1 Å². The van der Waals surface area contributed by atoms with Crippen LogP contribution < -0.4 is 10.0 Å². The predicted molar refractivity (Wildman–Crippen MR) is 69.1 cm³/mol. The lowest BCUT2D eigenvalue weighted by molar-refractivity contribution is 0.0952. The average Bonchev–Trinajstić information content (AvgIpc) is 2.37. The van der Waals surface area contributed by atoms with Crippen LogP contribution >= 0.6 is 0 Å². The summed E-state index contributed by atoms with van der Waals surface area (Å²) in [6, 6.07) is 2.68. The molecule has 0 atom stereocenters. The van der Waals surface area contributed by atoms with Crippen LogP contribution in [-0.2, 0) is 10.0 Å². The van der Waals surface area contributed by atoms with Gasteiger partial charge in [-0.3, -0.25) is 14.6 Å². The van der Waals surface area contributed by atoms with Crippen LogP contribution in [0.2, 0.25) is 0 Å². The molecular weight excluding hydrogens is 270 g/mol. The van der Waals surface area contributed by atoms with Gasteiger partial charge in [-0.2, -0.15) is 0 Å². The van der Waals surface area contributed by atoms with E-state index in [4.69, 9.17) is 0 Å². The summed E-state index contributed by atoms with van der Waals surface area (Å²) in [6.45, 7) is 2.92. The molecule has 1 aromatic rings. The molecule has 0 saturated carbocycles. The molecule has 2 N–H and O–H groups in total. The van der Waals surface area contributed by atoms with Crippen molar-refractivity contribution >= 4 is 21.8 Å². The zero-order valence-electron chi connectivity index (χ0n) is 10.8. The van der Waals surface area contributed by atoms with E-state index < -0.39 is 21.2 Å². The van der Waals surface area contributed by atoms with Gasteiger partial charge >= 0.3 is 0 Å². The van der Waals surface area contributed by atoms with Gasteiger partial charge in [0.05, 0.1) is 10.8 Å². The minimum absolute atomic E-state index is 0.0666. The second kappa shape index (κ2) is 5.79. The third-order valence-electron chi connectivity index (χ3n) is 2.34. The third-order valence-corrected chi connectivity index (χ3v) is 4.05. The zero-order valence-corrected chi connectivity index (χ0v) is 11.6. The highest BCUT2D eigenvalue weighted by atomic mass is 32.2. The third kappa shape index (κ3) is 3.75. The number of aromatic nitrogens is 1. The van der Waals surface area contributed by atoms with Crippen LogP contribution in [0.1, 0.15) is 34.7 Å². The predicted octanol–water partition coefficient (Wildman–Crippen LogP) is -0.0908. The van der Waals surface area contributed by atoms with Gasteiger partial charge in [0.15, 0.2) is 0 Å². The van der Waals surface area contributed by atoms with Crippen molar-refractivity contribution in [2.75, 3.05) is 7.05 Å². The van der Waals surface area contributed by atoms with Gasteiger partial charge < -0.3 is 5.32 Å². The van der Waals surface area contributed by atoms with Gasteiger partial charge in [-0.1, -0.05) is 0 Å². The number of nitrogens with one attached hydrogen (secondary N) is 2. The van der Waals surface area contributed by atoms with Crippen LogP contribution in [-0.4, -0.2) is 37.5 Å². The van der Waals surface area contributed by atoms with Crippen molar-refractivity contribution < 1.29 is 18.0 Å². The molecule has 1 heterocycles. The van der Waals surface area contributed by atoms with Crippen molar-refractivity contribution in [3.8, 4) is 0 Å². The molecule has 0 aliphatic carbocycles. The molecular formula is C11H15N3O4S. The van der Waals surface area contributed by atoms with Crippen molar-refractivity contribution in [1.29, 1.82) is 0 Å². The molecule has 0 unspecified atom stereocenters. The Labute approximate surface area is 111 Å². The van der Waals surface area contributed by atoms with Crippen LogP contribution in [0.25, 0.3) is 0 Å². The Bertz CT molecular complexity index is 578. The highest BCUT2D eigenvalue weighted by molar-refractivity contribution is 7.90. The van der Waals surface area contributed by atoms with E-state index in [0.717, 1.165) is 6.20 Å². The fourth-order valence-electron chi connectivity index (χ4n) is 1.10. The van der Waals surface area contributed by atoms with E-state index in [9.17, 15) is 18.0 Å². The summed E-state index contributed by atoms with van der Waals surface area (Å²) >= 11 is 0. The second-order valence-corrected chi connectivity index (χ2v) is 6.27. The molecule has 2 amide bonds. The summed E-state index contributed by atoms with van der Waals surface area (Å²) in [4.78, 5) is 26.7. The molecule has 1 rings (SSSR count). The quantitative estimate of drug-likeness (QED) is 0.804. The number of carbonyl (C=O) groups excluding carboxylic acids is 2. The topological polar surface area (TPSA) is 105 Å². The summed E-state index contributed by atoms with van der Waals surface area (Å²) < 4.78 is 25.0. The number of hydrogen-bond acceptors (Lipinski definition) is 5. The Morgan fingerprint density at radius 2 is 1.84 bits per heavy atom. The fourth-order valence-corrected chi connectivity index (χ4v) is 1.71. The van der Waals surface area contributed by atoms with E-state index in [1.54, 1.807) is 0 Å². The van der Waals surface area contributed by atoms with Crippen LogP contribution in [0.3, 0.4) is 0 Å². The molecule has 0 aromatic carbocycles. The molecule has 104 valence electrons. The Hall–Kier alpha value is -1.96. The standard InChI is InChI=1S/C11H15N3O4S/c1-7(2)19(17,18)14-10(15)8-4-5-9(13-6-8)11(16)12-3/h4-7H,1-3H3,(H,12,16)(H,14,15). The SMILES string of the molecule is CNC(=O)c1ccc(C(=O)NS(=O)(=O)C(C)C)cn1. The first-order chi connectivity index (χ1) is 8.77. The highest BCUT2D eigenvalue weighted by Crippen LogP contribution is 2.03. The maximum absolute atomic E-state index is 11.7. The Balaban J connectivity index is 2.88. The molecule has 0 bridgehead atoms. The fraction of sp³-hybridized carbons (Fsp3) is 0.364. The molecule has 19 heavy (non-hydrogen) atoms. The molecule has 0 spiro atoms. The minimum atomic E-state index is -3.68. The normalized spacial score (nSPS) is 11.2. The van der Waals surface area contributed by atoms with Gasteiger partial charge in [0, 0.05) is 13.2 Å². The van der Waals surface area contributed by atoms with Crippen molar-refractivity contribution in [3.05, 3.63) is 29.6 Å². The first-order valence-corrected chi connectivity index (χ1v) is 7.06. The van der Waals surface area contributed by atoms with Crippen molar-refractivity contribution in [3.63, 3.8) is 0 Å². The number of pyridine rings is 1. The summed E-state index contributed by atoms with van der Waals surface area (Å²) in [7, 11) is -2.23. The summed E-state index contributed by atoms with van der Waals surface area (Å²) in [5.74, 6) is -1.16. The molecule has 0 saturated heterocycles. The van der Waals surface area contributed by atoms with Gasteiger partial charge in [-0.15, -0.1) is 0 Å². The summed E-state index contributed by atoms with van der Waals surface area (Å²) in [5.41, 5.74) is 0.211. The Morgan fingerprint density at radius 1 is 1.21 bits per heavy atom. The Morgan fingerprint density at radius 3 is 2.26 bits per heavy atom. The highest BCUT2D eigenvalue weighted by Gasteiger charge is 2.20. The van der Waals surface area contributed by atoms with Gasteiger partial charge in [0.2, 0.25) is 10.0 Å². The minimum Gasteiger partial charge on any atom is -0.354 e.